The van der Waals surface area contributed by atoms with Crippen molar-refractivity contribution in [1.29, 1.82) is 0 Å². The van der Waals surface area contributed by atoms with Crippen molar-refractivity contribution in [2.75, 3.05) is 0 Å². The van der Waals surface area contributed by atoms with Gasteiger partial charge in [-0.25, -0.2) is 4.79 Å². The lowest BCUT2D eigenvalue weighted by Gasteiger charge is -2.34. The number of ether oxygens (including phenoxy) is 1. The molecule has 0 spiro atoms. The first kappa shape index (κ1) is 17.1. The van der Waals surface area contributed by atoms with Crippen molar-refractivity contribution in [3.63, 3.8) is 0 Å². The van der Waals surface area contributed by atoms with Crippen molar-refractivity contribution < 1.29 is 14.3 Å². The number of nitrogens with one attached hydrogen (secondary N) is 1. The summed E-state index contributed by atoms with van der Waals surface area (Å²) in [6.07, 6.45) is 6.38. The van der Waals surface area contributed by atoms with Crippen LogP contribution in [0.4, 0.5) is 0 Å². The molecule has 4 heteroatoms. The van der Waals surface area contributed by atoms with Crippen molar-refractivity contribution in [2.24, 2.45) is 0 Å². The summed E-state index contributed by atoms with van der Waals surface area (Å²) >= 11 is 0. The molecule has 1 aromatic carbocycles. The van der Waals surface area contributed by atoms with Gasteiger partial charge >= 0.3 is 5.97 Å². The zero-order valence-electron chi connectivity index (χ0n) is 15.2. The third kappa shape index (κ3) is 3.09. The van der Waals surface area contributed by atoms with Crippen LogP contribution in [0.15, 0.2) is 52.9 Å². The lowest BCUT2D eigenvalue weighted by Crippen LogP contribution is -2.35. The van der Waals surface area contributed by atoms with E-state index in [-0.39, 0.29) is 23.8 Å². The number of benzene rings is 1. The number of hydrogen-bond acceptors (Lipinski definition) is 4. The molecule has 0 bridgehead atoms. The topological polar surface area (TPSA) is 55.4 Å². The first-order valence-corrected chi connectivity index (χ1v) is 9.65. The second-order valence-corrected chi connectivity index (χ2v) is 7.49. The minimum absolute atomic E-state index is 0.0108. The number of rotatable bonds is 3. The largest absolute Gasteiger partial charge is 0.459 e. The number of Topliss-reactive ketones (excluding diaryl/α,β-unsaturated/α-hetero) is 1. The summed E-state index contributed by atoms with van der Waals surface area (Å²) in [5, 5.41) is 3.34. The number of esters is 1. The van der Waals surface area contributed by atoms with Crippen LogP contribution in [0.5, 0.6) is 0 Å². The number of ketones is 1. The van der Waals surface area contributed by atoms with Gasteiger partial charge in [-0.2, -0.15) is 0 Å². The van der Waals surface area contributed by atoms with E-state index in [0.717, 1.165) is 61.1 Å². The molecule has 0 unspecified atom stereocenters. The summed E-state index contributed by atoms with van der Waals surface area (Å²) in [4.78, 5) is 25.8. The van der Waals surface area contributed by atoms with Crippen LogP contribution in [0.2, 0.25) is 0 Å². The summed E-state index contributed by atoms with van der Waals surface area (Å²) in [5.41, 5.74) is 4.12. The molecule has 2 aliphatic carbocycles. The third-order valence-electron chi connectivity index (χ3n) is 5.70. The molecular weight excluding hydrogens is 326 g/mol. The Kier molecular flexibility index (Phi) is 4.66. The van der Waals surface area contributed by atoms with Gasteiger partial charge < -0.3 is 10.1 Å². The molecule has 1 aliphatic heterocycles. The van der Waals surface area contributed by atoms with Crippen LogP contribution in [-0.2, 0) is 14.3 Å². The first-order chi connectivity index (χ1) is 12.6. The second-order valence-electron chi connectivity index (χ2n) is 7.49. The Morgan fingerprint density at radius 1 is 1.08 bits per heavy atom. The summed E-state index contributed by atoms with van der Waals surface area (Å²) in [6, 6.07) is 9.87. The second kappa shape index (κ2) is 7.10. The minimum atomic E-state index is -0.325. The van der Waals surface area contributed by atoms with Crippen LogP contribution in [0, 0.1) is 0 Å². The van der Waals surface area contributed by atoms with E-state index in [4.69, 9.17) is 4.74 Å². The normalized spacial score (nSPS) is 23.7. The van der Waals surface area contributed by atoms with Gasteiger partial charge in [-0.1, -0.05) is 30.3 Å². The highest BCUT2D eigenvalue weighted by Gasteiger charge is 2.39. The quantitative estimate of drug-likeness (QED) is 0.832. The van der Waals surface area contributed by atoms with Crippen molar-refractivity contribution in [3.05, 3.63) is 58.4 Å². The van der Waals surface area contributed by atoms with Crippen molar-refractivity contribution in [1.82, 2.24) is 5.32 Å². The molecular formula is C22H25NO3. The number of dihydropyridines is 1. The number of allylic oxidation sites excluding steroid dienone is 3. The highest BCUT2D eigenvalue weighted by molar-refractivity contribution is 6.03. The van der Waals surface area contributed by atoms with Crippen LogP contribution < -0.4 is 5.32 Å². The molecule has 3 aliphatic rings. The van der Waals surface area contributed by atoms with Gasteiger partial charge in [-0.3, -0.25) is 4.79 Å². The van der Waals surface area contributed by atoms with Crippen LogP contribution in [0.3, 0.4) is 0 Å². The monoisotopic (exact) mass is 351 g/mol. The van der Waals surface area contributed by atoms with Crippen LogP contribution in [-0.4, -0.2) is 17.9 Å². The minimum Gasteiger partial charge on any atom is -0.459 e. The van der Waals surface area contributed by atoms with E-state index in [0.29, 0.717) is 12.0 Å². The fraction of sp³-hybridized carbons (Fsp3) is 0.455. The number of carbonyl (C=O) groups excluding carboxylic acids is 2. The zero-order valence-corrected chi connectivity index (χ0v) is 15.2. The Morgan fingerprint density at radius 2 is 1.81 bits per heavy atom. The summed E-state index contributed by atoms with van der Waals surface area (Å²) in [6.45, 7) is 1.92. The molecule has 0 aromatic heterocycles. The molecule has 4 nitrogen and oxygen atoms in total. The molecule has 4 rings (SSSR count). The highest BCUT2D eigenvalue weighted by Crippen LogP contribution is 2.42. The van der Waals surface area contributed by atoms with Crippen LogP contribution in [0.1, 0.15) is 63.4 Å². The standard InChI is InChI=1S/C22H25NO3/c1-14-19(22(25)26-16-10-5-6-11-16)20(15-8-3-2-4-9-15)21-17(23-14)12-7-13-18(21)24/h2-4,8-9,16,20,23H,5-7,10-13H2,1H3/t20-/m0/s1. The van der Waals surface area contributed by atoms with Gasteiger partial charge in [0.1, 0.15) is 6.10 Å². The Balaban J connectivity index is 1.75. The molecule has 1 heterocycles. The van der Waals surface area contributed by atoms with E-state index < -0.39 is 0 Å². The smallest absolute Gasteiger partial charge is 0.337 e. The summed E-state index contributed by atoms with van der Waals surface area (Å²) in [7, 11) is 0. The lowest BCUT2D eigenvalue weighted by atomic mass is 9.75. The number of carbonyl (C=O) groups is 2. The van der Waals surface area contributed by atoms with Gasteiger partial charge in [-0.15, -0.1) is 0 Å². The molecule has 1 atom stereocenters. The molecule has 1 saturated carbocycles. The van der Waals surface area contributed by atoms with E-state index in [9.17, 15) is 9.59 Å². The highest BCUT2D eigenvalue weighted by atomic mass is 16.5. The average Bonchev–Trinajstić information content (AvgIpc) is 3.14. The van der Waals surface area contributed by atoms with E-state index >= 15 is 0 Å². The molecule has 0 amide bonds. The average molecular weight is 351 g/mol. The third-order valence-corrected chi connectivity index (χ3v) is 5.70. The number of hydrogen-bond donors (Lipinski definition) is 1. The fourth-order valence-electron chi connectivity index (χ4n) is 4.45. The molecule has 0 radical (unpaired) electrons. The zero-order chi connectivity index (χ0) is 18.1. The van der Waals surface area contributed by atoms with Crippen molar-refractivity contribution >= 4 is 11.8 Å². The molecule has 26 heavy (non-hydrogen) atoms. The van der Waals surface area contributed by atoms with Gasteiger partial charge in [0.15, 0.2) is 5.78 Å². The first-order valence-electron chi connectivity index (χ1n) is 9.65. The predicted molar refractivity (Wildman–Crippen MR) is 99.3 cm³/mol. The van der Waals surface area contributed by atoms with Gasteiger partial charge in [-0.05, 0) is 51.0 Å². The van der Waals surface area contributed by atoms with E-state index in [1.54, 1.807) is 0 Å². The molecule has 136 valence electrons. The Hall–Kier alpha value is -2.36. The summed E-state index contributed by atoms with van der Waals surface area (Å²) < 4.78 is 5.82. The van der Waals surface area contributed by atoms with Crippen molar-refractivity contribution in [3.8, 4) is 0 Å². The molecule has 1 N–H and O–H groups in total. The summed E-state index contributed by atoms with van der Waals surface area (Å²) in [5.74, 6) is -0.457. The molecule has 1 aromatic rings. The maximum Gasteiger partial charge on any atom is 0.337 e. The van der Waals surface area contributed by atoms with E-state index in [1.165, 1.54) is 0 Å². The maximum atomic E-state index is 13.1. The Labute approximate surface area is 154 Å². The van der Waals surface area contributed by atoms with Gasteiger partial charge in [0, 0.05) is 29.3 Å². The Bertz CT molecular complexity index is 785. The lowest BCUT2D eigenvalue weighted by molar-refractivity contribution is -0.144. The molecule has 1 fully saturated rings. The maximum absolute atomic E-state index is 13.1. The van der Waals surface area contributed by atoms with Crippen LogP contribution in [0.25, 0.3) is 0 Å². The van der Waals surface area contributed by atoms with E-state index in [1.807, 2.05) is 37.3 Å². The fourth-order valence-corrected chi connectivity index (χ4v) is 4.45. The predicted octanol–water partition coefficient (Wildman–Crippen LogP) is 4.14. The van der Waals surface area contributed by atoms with Gasteiger partial charge in [0.25, 0.3) is 0 Å². The van der Waals surface area contributed by atoms with E-state index in [2.05, 4.69) is 5.32 Å². The van der Waals surface area contributed by atoms with Gasteiger partial charge in [0.2, 0.25) is 0 Å². The molecule has 0 saturated heterocycles. The van der Waals surface area contributed by atoms with Gasteiger partial charge in [0.05, 0.1) is 5.57 Å². The Morgan fingerprint density at radius 3 is 2.54 bits per heavy atom. The van der Waals surface area contributed by atoms with Crippen molar-refractivity contribution in [2.45, 2.75) is 63.9 Å². The SMILES string of the molecule is CC1=C(C(=O)OC2CCCC2)[C@H](c2ccccc2)C2=C(CCCC2=O)N1. The van der Waals surface area contributed by atoms with Crippen LogP contribution >= 0.6 is 0 Å².